The molecule has 3 heterocycles. The van der Waals surface area contributed by atoms with E-state index in [2.05, 4.69) is 25.4 Å². The van der Waals surface area contributed by atoms with Gasteiger partial charge in [-0.05, 0) is 24.5 Å². The van der Waals surface area contributed by atoms with Gasteiger partial charge in [0.1, 0.15) is 12.7 Å². The number of anilines is 1. The van der Waals surface area contributed by atoms with E-state index in [4.69, 9.17) is 0 Å². The molecule has 0 bridgehead atoms. The lowest BCUT2D eigenvalue weighted by Crippen LogP contribution is -2.32. The number of aromatic nitrogens is 5. The van der Waals surface area contributed by atoms with Gasteiger partial charge in [0.05, 0.1) is 23.1 Å². The van der Waals surface area contributed by atoms with Crippen LogP contribution in [0.2, 0.25) is 0 Å². The molecule has 1 fully saturated rings. The number of aryl methyl sites for hydroxylation is 1. The number of carbonyl (C=O) groups excluding carboxylic acids is 1. The molecule has 1 aliphatic rings. The van der Waals surface area contributed by atoms with Gasteiger partial charge in [0.25, 0.3) is 11.5 Å². The molecule has 1 atom stereocenters. The second-order valence-corrected chi connectivity index (χ2v) is 6.84. The van der Waals surface area contributed by atoms with E-state index < -0.39 is 0 Å². The lowest BCUT2D eigenvalue weighted by Gasteiger charge is -2.18. The molecule has 1 aliphatic heterocycles. The first-order valence-electron chi connectivity index (χ1n) is 9.12. The summed E-state index contributed by atoms with van der Waals surface area (Å²) in [6.45, 7) is 2.18. The number of carbonyl (C=O) groups is 1. The summed E-state index contributed by atoms with van der Waals surface area (Å²) in [5, 5.41) is 11.2. The van der Waals surface area contributed by atoms with Crippen molar-refractivity contribution in [1.82, 2.24) is 29.9 Å². The third-order valence-electron chi connectivity index (χ3n) is 4.97. The van der Waals surface area contributed by atoms with E-state index in [9.17, 15) is 9.59 Å². The fraction of sp³-hybridized carbons (Fsp3) is 0.316. The van der Waals surface area contributed by atoms with Crippen molar-refractivity contribution in [1.29, 1.82) is 0 Å². The Morgan fingerprint density at radius 3 is 2.93 bits per heavy atom. The summed E-state index contributed by atoms with van der Waals surface area (Å²) >= 11 is 0. The summed E-state index contributed by atoms with van der Waals surface area (Å²) in [5.74, 6) is 0.173. The Balaban J connectivity index is 1.39. The first kappa shape index (κ1) is 17.9. The molecule has 9 nitrogen and oxygen atoms in total. The number of rotatable bonds is 5. The first-order chi connectivity index (χ1) is 13.6. The molecule has 1 N–H and O–H groups in total. The van der Waals surface area contributed by atoms with Crippen molar-refractivity contribution >= 4 is 11.6 Å². The number of para-hydroxylation sites is 1. The Hall–Kier alpha value is -3.49. The highest BCUT2D eigenvalue weighted by atomic mass is 16.1. The molecule has 0 spiro atoms. The van der Waals surface area contributed by atoms with Gasteiger partial charge in [-0.3, -0.25) is 9.59 Å². The van der Waals surface area contributed by atoms with Crippen molar-refractivity contribution in [3.63, 3.8) is 0 Å². The summed E-state index contributed by atoms with van der Waals surface area (Å²) < 4.78 is 2.89. The zero-order chi connectivity index (χ0) is 19.5. The second-order valence-electron chi connectivity index (χ2n) is 6.84. The summed E-state index contributed by atoms with van der Waals surface area (Å²) in [4.78, 5) is 30.6. The highest BCUT2D eigenvalue weighted by Crippen LogP contribution is 2.22. The van der Waals surface area contributed by atoms with Gasteiger partial charge in [-0.25, -0.2) is 14.3 Å². The fourth-order valence-corrected chi connectivity index (χ4v) is 3.40. The Kier molecular flexibility index (Phi) is 4.88. The zero-order valence-corrected chi connectivity index (χ0v) is 15.5. The van der Waals surface area contributed by atoms with Crippen LogP contribution in [0.3, 0.4) is 0 Å². The summed E-state index contributed by atoms with van der Waals surface area (Å²) in [6, 6.07) is 8.90. The van der Waals surface area contributed by atoms with E-state index in [-0.39, 0.29) is 11.5 Å². The predicted molar refractivity (Wildman–Crippen MR) is 103 cm³/mol. The normalized spacial score (nSPS) is 16.3. The molecular formula is C19H21N7O2. The molecule has 1 unspecified atom stereocenters. The Bertz CT molecular complexity index is 1030. The molecule has 2 aromatic heterocycles. The molecule has 9 heteroatoms. The largest absolute Gasteiger partial charge is 0.370 e. The van der Waals surface area contributed by atoms with Crippen LogP contribution in [0.1, 0.15) is 16.8 Å². The summed E-state index contributed by atoms with van der Waals surface area (Å²) in [6.07, 6.45) is 5.66. The number of nitrogens with one attached hydrogen (secondary N) is 1. The molecular weight excluding hydrogens is 358 g/mol. The average molecular weight is 379 g/mol. The van der Waals surface area contributed by atoms with Crippen LogP contribution in [0.15, 0.2) is 54.0 Å². The molecule has 28 heavy (non-hydrogen) atoms. The van der Waals surface area contributed by atoms with Crippen LogP contribution < -0.4 is 15.8 Å². The third-order valence-corrected chi connectivity index (χ3v) is 4.97. The molecule has 1 saturated heterocycles. The lowest BCUT2D eigenvalue weighted by atomic mass is 10.1. The molecule has 0 radical (unpaired) electrons. The summed E-state index contributed by atoms with van der Waals surface area (Å²) in [5.41, 5.74) is 1.95. The minimum atomic E-state index is -0.139. The standard InChI is InChI=1S/C19H21N7O2/c1-24-18(27)8-15(10-22-24)25-7-6-14(11-25)9-21-19(28)16-4-2-3-5-17(16)26-13-20-12-23-26/h2-5,8,10,12-14H,6-7,9,11H2,1H3,(H,21,28). The van der Waals surface area contributed by atoms with Crippen molar-refractivity contribution in [2.24, 2.45) is 13.0 Å². The topological polar surface area (TPSA) is 97.9 Å². The van der Waals surface area contributed by atoms with E-state index in [0.29, 0.717) is 23.7 Å². The molecule has 3 aromatic rings. The Morgan fingerprint density at radius 2 is 2.14 bits per heavy atom. The van der Waals surface area contributed by atoms with Gasteiger partial charge >= 0.3 is 0 Å². The highest BCUT2D eigenvalue weighted by Gasteiger charge is 2.24. The van der Waals surface area contributed by atoms with Crippen LogP contribution in [0.4, 0.5) is 5.69 Å². The van der Waals surface area contributed by atoms with Gasteiger partial charge in [0.15, 0.2) is 0 Å². The molecule has 1 amide bonds. The van der Waals surface area contributed by atoms with Crippen LogP contribution in [-0.4, -0.2) is 50.1 Å². The van der Waals surface area contributed by atoms with Crippen LogP contribution in [0.25, 0.3) is 5.69 Å². The quantitative estimate of drug-likeness (QED) is 0.698. The summed E-state index contributed by atoms with van der Waals surface area (Å²) in [7, 11) is 1.63. The highest BCUT2D eigenvalue weighted by molar-refractivity contribution is 5.97. The first-order valence-corrected chi connectivity index (χ1v) is 9.12. The van der Waals surface area contributed by atoms with E-state index in [0.717, 1.165) is 25.2 Å². The minimum absolute atomic E-state index is 0.126. The van der Waals surface area contributed by atoms with E-state index in [1.807, 2.05) is 18.2 Å². The molecule has 144 valence electrons. The maximum atomic E-state index is 12.7. The number of hydrogen-bond acceptors (Lipinski definition) is 6. The van der Waals surface area contributed by atoms with E-state index in [1.54, 1.807) is 36.4 Å². The second kappa shape index (κ2) is 7.63. The van der Waals surface area contributed by atoms with Crippen molar-refractivity contribution in [3.8, 4) is 5.69 Å². The molecule has 1 aromatic carbocycles. The van der Waals surface area contributed by atoms with Crippen molar-refractivity contribution in [2.45, 2.75) is 6.42 Å². The number of nitrogens with zero attached hydrogens (tertiary/aromatic N) is 6. The Labute approximate surface area is 161 Å². The van der Waals surface area contributed by atoms with Crippen molar-refractivity contribution < 1.29 is 4.79 Å². The zero-order valence-electron chi connectivity index (χ0n) is 15.5. The smallest absolute Gasteiger partial charge is 0.268 e. The van der Waals surface area contributed by atoms with Gasteiger partial charge in [-0.1, -0.05) is 12.1 Å². The van der Waals surface area contributed by atoms with Gasteiger partial charge in [0.2, 0.25) is 0 Å². The van der Waals surface area contributed by atoms with Gasteiger partial charge < -0.3 is 10.2 Å². The number of hydrogen-bond donors (Lipinski definition) is 1. The number of amides is 1. The maximum Gasteiger partial charge on any atom is 0.268 e. The minimum Gasteiger partial charge on any atom is -0.370 e. The van der Waals surface area contributed by atoms with Crippen LogP contribution >= 0.6 is 0 Å². The third kappa shape index (κ3) is 3.64. The van der Waals surface area contributed by atoms with Gasteiger partial charge in [0, 0.05) is 32.7 Å². The van der Waals surface area contributed by atoms with Gasteiger partial charge in [-0.15, -0.1) is 0 Å². The maximum absolute atomic E-state index is 12.7. The molecule has 0 aliphatic carbocycles. The van der Waals surface area contributed by atoms with E-state index >= 15 is 0 Å². The number of benzene rings is 1. The van der Waals surface area contributed by atoms with Gasteiger partial charge in [-0.2, -0.15) is 10.2 Å². The molecule has 4 rings (SSSR count). The van der Waals surface area contributed by atoms with E-state index in [1.165, 1.54) is 11.0 Å². The predicted octanol–water partition coefficient (Wildman–Crippen LogP) is 0.617. The molecule has 0 saturated carbocycles. The van der Waals surface area contributed by atoms with Crippen LogP contribution in [-0.2, 0) is 7.05 Å². The van der Waals surface area contributed by atoms with Crippen molar-refractivity contribution in [3.05, 3.63) is 65.1 Å². The van der Waals surface area contributed by atoms with Crippen LogP contribution in [0.5, 0.6) is 0 Å². The average Bonchev–Trinajstić information content (AvgIpc) is 3.40. The van der Waals surface area contributed by atoms with Crippen LogP contribution in [0, 0.1) is 5.92 Å². The van der Waals surface area contributed by atoms with Crippen molar-refractivity contribution in [2.75, 3.05) is 24.5 Å². The lowest BCUT2D eigenvalue weighted by molar-refractivity contribution is 0.0948. The monoisotopic (exact) mass is 379 g/mol. The Morgan fingerprint density at radius 1 is 1.29 bits per heavy atom. The fourth-order valence-electron chi connectivity index (χ4n) is 3.40. The SMILES string of the molecule is Cn1ncc(N2CCC(CNC(=O)c3ccccc3-n3cncn3)C2)cc1=O.